The Kier molecular flexibility index (Phi) is 3.79. The molecule has 2 aromatic rings. The van der Waals surface area contributed by atoms with Gasteiger partial charge in [0.1, 0.15) is 11.6 Å². The average molecular weight is 378 g/mol. The summed E-state index contributed by atoms with van der Waals surface area (Å²) < 4.78 is 19.4. The molecular formula is C24H23FO3. The number of benzene rings is 2. The van der Waals surface area contributed by atoms with E-state index in [1.165, 1.54) is 12.1 Å². The smallest absolute Gasteiger partial charge is 0.173 e. The van der Waals surface area contributed by atoms with Gasteiger partial charge in [-0.15, -0.1) is 0 Å². The van der Waals surface area contributed by atoms with Crippen molar-refractivity contribution in [2.75, 3.05) is 0 Å². The highest BCUT2D eigenvalue weighted by Crippen LogP contribution is 2.58. The van der Waals surface area contributed by atoms with E-state index in [0.717, 1.165) is 34.2 Å². The van der Waals surface area contributed by atoms with Crippen molar-refractivity contribution in [1.82, 2.24) is 0 Å². The maximum atomic E-state index is 13.3. The van der Waals surface area contributed by atoms with Gasteiger partial charge in [-0.05, 0) is 61.6 Å². The van der Waals surface area contributed by atoms with Crippen LogP contribution in [0.25, 0.3) is 5.57 Å². The van der Waals surface area contributed by atoms with Gasteiger partial charge < -0.3 is 9.84 Å². The fourth-order valence-electron chi connectivity index (χ4n) is 5.72. The molecule has 1 unspecified atom stereocenters. The lowest BCUT2D eigenvalue weighted by atomic mass is 9.72. The third-order valence-corrected chi connectivity index (χ3v) is 6.70. The Morgan fingerprint density at radius 2 is 1.68 bits per heavy atom. The highest BCUT2D eigenvalue weighted by Gasteiger charge is 2.62. The van der Waals surface area contributed by atoms with E-state index in [4.69, 9.17) is 4.74 Å². The van der Waals surface area contributed by atoms with Crippen molar-refractivity contribution in [3.63, 3.8) is 0 Å². The van der Waals surface area contributed by atoms with Crippen LogP contribution < -0.4 is 0 Å². The zero-order valence-corrected chi connectivity index (χ0v) is 16.2. The Morgan fingerprint density at radius 3 is 2.32 bits per heavy atom. The Morgan fingerprint density at radius 1 is 1.04 bits per heavy atom. The van der Waals surface area contributed by atoms with E-state index in [-0.39, 0.29) is 47.3 Å². The molecule has 2 saturated heterocycles. The first-order chi connectivity index (χ1) is 13.4. The maximum absolute atomic E-state index is 13.3. The van der Waals surface area contributed by atoms with Crippen molar-refractivity contribution in [2.24, 2.45) is 11.8 Å². The Balaban J connectivity index is 1.57. The largest absolute Gasteiger partial charge is 0.511 e. The molecule has 0 radical (unpaired) electrons. The van der Waals surface area contributed by atoms with Gasteiger partial charge in [0.05, 0.1) is 29.6 Å². The first kappa shape index (κ1) is 17.6. The second kappa shape index (κ2) is 6.02. The number of hydrogen-bond donors (Lipinski definition) is 1. The molecule has 2 aromatic carbocycles. The highest BCUT2D eigenvalue weighted by molar-refractivity contribution is 6.26. The predicted octanol–water partition coefficient (Wildman–Crippen LogP) is 4.79. The number of carbonyl (C=O) groups excluding carboxylic acids is 1. The van der Waals surface area contributed by atoms with Gasteiger partial charge in [-0.1, -0.05) is 29.8 Å². The molecule has 144 valence electrons. The number of rotatable bonds is 2. The van der Waals surface area contributed by atoms with Gasteiger partial charge in [-0.2, -0.15) is 0 Å². The third-order valence-electron chi connectivity index (χ3n) is 6.70. The number of aryl methyl sites for hydroxylation is 3. The summed E-state index contributed by atoms with van der Waals surface area (Å²) in [6.45, 7) is 6.01. The molecule has 0 amide bonds. The van der Waals surface area contributed by atoms with Crippen LogP contribution in [0.2, 0.25) is 0 Å². The average Bonchev–Trinajstić information content (AvgIpc) is 3.29. The summed E-state index contributed by atoms with van der Waals surface area (Å²) >= 11 is 0. The Bertz CT molecular complexity index is 998. The minimum absolute atomic E-state index is 0.00242. The molecule has 0 spiro atoms. The van der Waals surface area contributed by atoms with Gasteiger partial charge >= 0.3 is 0 Å². The molecule has 1 aliphatic carbocycles. The molecule has 1 N–H and O–H groups in total. The molecule has 3 aliphatic rings. The zero-order chi connectivity index (χ0) is 19.7. The number of hydrogen-bond acceptors (Lipinski definition) is 3. The van der Waals surface area contributed by atoms with E-state index in [2.05, 4.69) is 12.1 Å². The van der Waals surface area contributed by atoms with Gasteiger partial charge in [0.25, 0.3) is 0 Å². The Hall–Kier alpha value is -2.46. The summed E-state index contributed by atoms with van der Waals surface area (Å²) in [5.74, 6) is -0.640. The van der Waals surface area contributed by atoms with Gasteiger partial charge in [0.15, 0.2) is 5.78 Å². The monoisotopic (exact) mass is 378 g/mol. The summed E-state index contributed by atoms with van der Waals surface area (Å²) in [5, 5.41) is 11.2. The fourth-order valence-corrected chi connectivity index (χ4v) is 5.72. The number of allylic oxidation sites excluding steroid dienone is 1. The molecule has 2 bridgehead atoms. The standard InChI is InChI=1S/C24H23FO3/c1-11-8-12(2)18(13(3)9-11)20-22(26)19-17-10-16(14-4-6-15(25)7-5-14)24(28-17)21(19)23(20)27/h4-9,16-17,19,21,24,27H,10H2,1-3H3/t16?,17-,19-,21+,24+/m0/s1. The van der Waals surface area contributed by atoms with Crippen LogP contribution in [0.4, 0.5) is 4.39 Å². The van der Waals surface area contributed by atoms with Crippen LogP contribution in [0, 0.1) is 38.4 Å². The lowest BCUT2D eigenvalue weighted by Crippen LogP contribution is -2.33. The van der Waals surface area contributed by atoms with Gasteiger partial charge in [-0.3, -0.25) is 4.79 Å². The lowest BCUT2D eigenvalue weighted by molar-refractivity contribution is -0.118. The molecule has 2 aliphatic heterocycles. The minimum Gasteiger partial charge on any atom is -0.511 e. The number of ether oxygens (including phenoxy) is 1. The minimum atomic E-state index is -0.309. The summed E-state index contributed by atoms with van der Waals surface area (Å²) in [6, 6.07) is 10.6. The normalized spacial score (nSPS) is 31.0. The van der Waals surface area contributed by atoms with Crippen molar-refractivity contribution in [3.8, 4) is 0 Å². The van der Waals surface area contributed by atoms with Crippen LogP contribution in [0.1, 0.15) is 40.2 Å². The SMILES string of the molecule is Cc1cc(C)c(C2=C(O)[C@H]3[C@@H](C2=O)[C@@H]2CC(c4ccc(F)cc4)[C@H]3O2)c(C)c1. The molecule has 0 aromatic heterocycles. The van der Waals surface area contributed by atoms with E-state index in [9.17, 15) is 14.3 Å². The number of carbonyl (C=O) groups is 1. The van der Waals surface area contributed by atoms with Crippen molar-refractivity contribution in [2.45, 2.75) is 45.3 Å². The first-order valence-corrected chi connectivity index (χ1v) is 9.83. The molecule has 5 rings (SSSR count). The fraction of sp³-hybridized carbons (Fsp3) is 0.375. The number of fused-ring (bicyclic) bond motifs is 5. The van der Waals surface area contributed by atoms with E-state index in [1.54, 1.807) is 12.1 Å². The zero-order valence-electron chi connectivity index (χ0n) is 16.2. The van der Waals surface area contributed by atoms with Crippen LogP contribution in [0.5, 0.6) is 0 Å². The molecule has 28 heavy (non-hydrogen) atoms. The van der Waals surface area contributed by atoms with Gasteiger partial charge in [0, 0.05) is 5.92 Å². The number of aliphatic hydroxyl groups is 1. The lowest BCUT2D eigenvalue weighted by Gasteiger charge is -2.27. The van der Waals surface area contributed by atoms with E-state index >= 15 is 0 Å². The van der Waals surface area contributed by atoms with Crippen molar-refractivity contribution in [3.05, 3.63) is 75.8 Å². The molecule has 3 nitrogen and oxygen atoms in total. The molecular weight excluding hydrogens is 355 g/mol. The maximum Gasteiger partial charge on any atom is 0.173 e. The number of ketones is 1. The number of Topliss-reactive ketones (excluding diaryl/α,β-unsaturated/α-hetero) is 1. The second-order valence-electron chi connectivity index (χ2n) is 8.48. The quantitative estimate of drug-likeness (QED) is 0.817. The van der Waals surface area contributed by atoms with E-state index in [0.29, 0.717) is 5.57 Å². The molecule has 2 heterocycles. The molecule has 0 saturated carbocycles. The molecule has 2 fully saturated rings. The summed E-state index contributed by atoms with van der Waals surface area (Å²) in [5.41, 5.74) is 5.50. The molecule has 4 heteroatoms. The topological polar surface area (TPSA) is 46.5 Å². The Labute approximate surface area is 163 Å². The van der Waals surface area contributed by atoms with Crippen LogP contribution in [0.3, 0.4) is 0 Å². The van der Waals surface area contributed by atoms with Crippen LogP contribution >= 0.6 is 0 Å². The highest BCUT2D eigenvalue weighted by atomic mass is 19.1. The summed E-state index contributed by atoms with van der Waals surface area (Å²) in [4.78, 5) is 13.3. The van der Waals surface area contributed by atoms with Gasteiger partial charge in [0.2, 0.25) is 0 Å². The van der Waals surface area contributed by atoms with Crippen molar-refractivity contribution in [1.29, 1.82) is 0 Å². The van der Waals surface area contributed by atoms with Crippen LogP contribution in [-0.4, -0.2) is 23.1 Å². The van der Waals surface area contributed by atoms with Crippen LogP contribution in [-0.2, 0) is 9.53 Å². The molecule has 5 atom stereocenters. The first-order valence-electron chi connectivity index (χ1n) is 9.83. The summed E-state index contributed by atoms with van der Waals surface area (Å²) in [6.07, 6.45) is 0.298. The van der Waals surface area contributed by atoms with Gasteiger partial charge in [-0.25, -0.2) is 4.39 Å². The van der Waals surface area contributed by atoms with E-state index < -0.39 is 0 Å². The second-order valence-corrected chi connectivity index (χ2v) is 8.48. The predicted molar refractivity (Wildman–Crippen MR) is 105 cm³/mol. The summed E-state index contributed by atoms with van der Waals surface area (Å²) in [7, 11) is 0. The van der Waals surface area contributed by atoms with Crippen molar-refractivity contribution >= 4 is 11.4 Å². The van der Waals surface area contributed by atoms with E-state index in [1.807, 2.05) is 20.8 Å². The van der Waals surface area contributed by atoms with Crippen LogP contribution in [0.15, 0.2) is 42.2 Å². The van der Waals surface area contributed by atoms with Crippen molar-refractivity contribution < 1.29 is 19.0 Å². The number of halogens is 1. The number of aliphatic hydroxyl groups excluding tert-OH is 1. The third kappa shape index (κ3) is 2.34.